The summed E-state index contributed by atoms with van der Waals surface area (Å²) in [7, 11) is 0. The molecule has 0 bridgehead atoms. The molecule has 4 heteroatoms. The van der Waals surface area contributed by atoms with Crippen LogP contribution in [-0.2, 0) is 0 Å². The van der Waals surface area contributed by atoms with Crippen LogP contribution in [0.5, 0.6) is 0 Å². The lowest BCUT2D eigenvalue weighted by Crippen LogP contribution is -2.01. The first kappa shape index (κ1) is 27.7. The van der Waals surface area contributed by atoms with Crippen LogP contribution in [0.15, 0.2) is 146 Å². The van der Waals surface area contributed by atoms with Gasteiger partial charge in [0.1, 0.15) is 0 Å². The van der Waals surface area contributed by atoms with Crippen LogP contribution in [0.2, 0.25) is 0 Å². The quantitative estimate of drug-likeness (QED) is 0.199. The summed E-state index contributed by atoms with van der Waals surface area (Å²) in [4.78, 5) is 0. The average Bonchev–Trinajstić information content (AvgIpc) is 3.68. The van der Waals surface area contributed by atoms with Crippen LogP contribution in [0, 0.1) is 22.7 Å². The topological polar surface area (TPSA) is 57.4 Å². The van der Waals surface area contributed by atoms with E-state index in [1.54, 1.807) is 0 Å². The fraction of sp³-hybridized carbons (Fsp3) is 0.0455. The van der Waals surface area contributed by atoms with Gasteiger partial charge >= 0.3 is 0 Å². The summed E-state index contributed by atoms with van der Waals surface area (Å²) < 4.78 is 4.61. The van der Waals surface area contributed by atoms with Gasteiger partial charge in [-0.05, 0) is 78.1 Å². The van der Waals surface area contributed by atoms with E-state index in [2.05, 4.69) is 137 Å². The lowest BCUT2D eigenvalue weighted by molar-refractivity contribution is 0.992. The lowest BCUT2D eigenvalue weighted by atomic mass is 9.93. The zero-order valence-electron chi connectivity index (χ0n) is 26.1. The molecule has 0 atom stereocenters. The summed E-state index contributed by atoms with van der Waals surface area (Å²) in [5.74, 6) is 0. The van der Waals surface area contributed by atoms with E-state index in [-0.39, 0.29) is 0 Å². The van der Waals surface area contributed by atoms with E-state index in [0.29, 0.717) is 11.1 Å². The van der Waals surface area contributed by atoms with Crippen molar-refractivity contribution in [1.82, 2.24) is 9.13 Å². The van der Waals surface area contributed by atoms with Crippen LogP contribution >= 0.6 is 0 Å². The minimum Gasteiger partial charge on any atom is -0.313 e. The Morgan fingerprint density at radius 1 is 0.500 bits per heavy atom. The van der Waals surface area contributed by atoms with Crippen molar-refractivity contribution in [3.05, 3.63) is 162 Å². The fourth-order valence-electron chi connectivity index (χ4n) is 7.55. The Morgan fingerprint density at radius 3 is 1.77 bits per heavy atom. The van der Waals surface area contributed by atoms with Gasteiger partial charge in [0.15, 0.2) is 0 Å². The van der Waals surface area contributed by atoms with E-state index in [0.717, 1.165) is 62.5 Å². The minimum atomic E-state index is 0.634. The molecule has 0 saturated heterocycles. The molecular weight excluding hydrogens is 585 g/mol. The van der Waals surface area contributed by atoms with Gasteiger partial charge in [-0.3, -0.25) is 0 Å². The van der Waals surface area contributed by atoms with Crippen molar-refractivity contribution in [3.63, 3.8) is 0 Å². The molecule has 0 spiro atoms. The highest BCUT2D eigenvalue weighted by atomic mass is 15.0. The summed E-state index contributed by atoms with van der Waals surface area (Å²) in [5.41, 5.74) is 12.7. The number of para-hydroxylation sites is 3. The summed E-state index contributed by atoms with van der Waals surface area (Å²) in [6.07, 6.45) is 6.29. The van der Waals surface area contributed by atoms with Crippen molar-refractivity contribution in [2.75, 3.05) is 0 Å². The molecule has 2 heterocycles. The van der Waals surface area contributed by atoms with E-state index in [1.165, 1.54) is 27.6 Å². The molecule has 8 aromatic rings. The number of hydrogen-bond donors (Lipinski definition) is 0. The average molecular weight is 613 g/mol. The summed E-state index contributed by atoms with van der Waals surface area (Å²) in [5, 5.41) is 24.2. The molecule has 2 aromatic heterocycles. The second-order valence-corrected chi connectivity index (χ2v) is 12.3. The zero-order chi connectivity index (χ0) is 32.2. The van der Waals surface area contributed by atoms with E-state index in [4.69, 9.17) is 0 Å². The van der Waals surface area contributed by atoms with Gasteiger partial charge in [0.2, 0.25) is 0 Å². The Morgan fingerprint density at radius 2 is 1.12 bits per heavy atom. The SMILES string of the molecule is N#Cc1ccc(-c2ccc(C3=CC=C(n4c5ccccc5c5c(C#N)cccc54)CC3)cc2)c(-n2c3ccccc3c3ccccc32)c1. The number of fused-ring (bicyclic) bond motifs is 6. The van der Waals surface area contributed by atoms with Gasteiger partial charge < -0.3 is 9.13 Å². The van der Waals surface area contributed by atoms with Gasteiger partial charge in [0.25, 0.3) is 0 Å². The summed E-state index contributed by atoms with van der Waals surface area (Å²) >= 11 is 0. The maximum absolute atomic E-state index is 9.85. The predicted molar refractivity (Wildman–Crippen MR) is 197 cm³/mol. The van der Waals surface area contributed by atoms with E-state index < -0.39 is 0 Å². The van der Waals surface area contributed by atoms with Crippen LogP contribution in [0.3, 0.4) is 0 Å². The van der Waals surface area contributed by atoms with Crippen molar-refractivity contribution < 1.29 is 0 Å². The highest BCUT2D eigenvalue weighted by Gasteiger charge is 2.19. The highest BCUT2D eigenvalue weighted by molar-refractivity contribution is 6.13. The number of nitriles is 2. The first-order valence-electron chi connectivity index (χ1n) is 16.2. The van der Waals surface area contributed by atoms with Crippen molar-refractivity contribution in [1.29, 1.82) is 10.5 Å². The number of nitrogens with zero attached hydrogens (tertiary/aromatic N) is 4. The Hall–Kier alpha value is -6.62. The van der Waals surface area contributed by atoms with Crippen LogP contribution in [0.1, 0.15) is 29.5 Å². The molecule has 4 nitrogen and oxygen atoms in total. The normalized spacial score (nSPS) is 13.0. The summed E-state index contributed by atoms with van der Waals surface area (Å²) in [6, 6.07) is 50.9. The van der Waals surface area contributed by atoms with E-state index in [9.17, 15) is 10.5 Å². The molecule has 0 fully saturated rings. The van der Waals surface area contributed by atoms with Crippen molar-refractivity contribution in [3.8, 4) is 29.0 Å². The third-order valence-corrected chi connectivity index (χ3v) is 9.75. The zero-order valence-corrected chi connectivity index (χ0v) is 26.1. The van der Waals surface area contributed by atoms with Gasteiger partial charge in [0.05, 0.1) is 51.0 Å². The van der Waals surface area contributed by atoms with Crippen molar-refractivity contribution in [2.24, 2.45) is 0 Å². The minimum absolute atomic E-state index is 0.634. The number of aromatic nitrogens is 2. The number of rotatable bonds is 4. The molecule has 0 saturated carbocycles. The van der Waals surface area contributed by atoms with Crippen molar-refractivity contribution in [2.45, 2.75) is 12.8 Å². The summed E-state index contributed by atoms with van der Waals surface area (Å²) in [6.45, 7) is 0. The molecule has 224 valence electrons. The van der Waals surface area contributed by atoms with Gasteiger partial charge in [0, 0.05) is 32.8 Å². The largest absolute Gasteiger partial charge is 0.313 e. The first-order valence-corrected chi connectivity index (χ1v) is 16.2. The first-order chi connectivity index (χ1) is 23.7. The lowest BCUT2D eigenvalue weighted by Gasteiger charge is -2.19. The maximum Gasteiger partial charge on any atom is 0.0998 e. The van der Waals surface area contributed by atoms with Gasteiger partial charge in [-0.25, -0.2) is 0 Å². The molecule has 0 amide bonds. The number of allylic oxidation sites excluding steroid dienone is 4. The molecule has 1 aliphatic rings. The third-order valence-electron chi connectivity index (χ3n) is 9.75. The standard InChI is InChI=1S/C44H28N4/c45-27-29-16-25-35(43(26-29)48-39-12-4-1-9-36(39)37-10-2-5-13-40(37)48)32-19-17-30(18-20-32)31-21-23-34(24-22-31)47-41-14-6-3-11-38(41)44-33(28-46)8-7-15-42(44)47/h1-21,23,25-26H,22,24H2. The number of benzene rings is 6. The fourth-order valence-corrected chi connectivity index (χ4v) is 7.55. The van der Waals surface area contributed by atoms with Gasteiger partial charge in [-0.15, -0.1) is 0 Å². The molecule has 9 rings (SSSR count). The predicted octanol–water partition coefficient (Wildman–Crippen LogP) is 11.0. The molecule has 0 N–H and O–H groups in total. The third kappa shape index (κ3) is 4.21. The Bertz CT molecular complexity index is 2680. The number of hydrogen-bond acceptors (Lipinski definition) is 2. The molecule has 0 aliphatic heterocycles. The van der Waals surface area contributed by atoms with E-state index >= 15 is 0 Å². The van der Waals surface area contributed by atoms with Crippen LogP contribution in [0.25, 0.3) is 71.7 Å². The molecule has 1 aliphatic carbocycles. The van der Waals surface area contributed by atoms with Crippen LogP contribution in [0.4, 0.5) is 0 Å². The maximum atomic E-state index is 9.85. The van der Waals surface area contributed by atoms with Crippen molar-refractivity contribution >= 4 is 54.9 Å². The Kier molecular flexibility index (Phi) is 6.35. The molecule has 0 radical (unpaired) electrons. The molecule has 48 heavy (non-hydrogen) atoms. The Balaban J connectivity index is 1.11. The Labute approximate surface area is 277 Å². The smallest absolute Gasteiger partial charge is 0.0998 e. The van der Waals surface area contributed by atoms with Gasteiger partial charge in [-0.1, -0.05) is 97.1 Å². The molecule has 6 aromatic carbocycles. The highest BCUT2D eigenvalue weighted by Crippen LogP contribution is 2.39. The van der Waals surface area contributed by atoms with Crippen LogP contribution < -0.4 is 0 Å². The monoisotopic (exact) mass is 612 g/mol. The second-order valence-electron chi connectivity index (χ2n) is 12.3. The van der Waals surface area contributed by atoms with E-state index in [1.807, 2.05) is 30.3 Å². The molecular formula is C44H28N4. The van der Waals surface area contributed by atoms with Crippen LogP contribution in [-0.4, -0.2) is 9.13 Å². The van der Waals surface area contributed by atoms with Gasteiger partial charge in [-0.2, -0.15) is 10.5 Å². The molecule has 0 unspecified atom stereocenters. The second kappa shape index (κ2) is 11.0.